The average molecular weight is 287 g/mol. The minimum Gasteiger partial charge on any atom is -0.508 e. The number of methoxy groups -OCH3 is 2. The first kappa shape index (κ1) is 14.7. The molecule has 1 amide bonds. The number of carbonyl (C=O) groups excluding carboxylic acids is 1. The summed E-state index contributed by atoms with van der Waals surface area (Å²) in [5.74, 6) is 0.689. The topological polar surface area (TPSA) is 81.8 Å². The van der Waals surface area contributed by atoms with Crippen molar-refractivity contribution in [2.24, 2.45) is 5.73 Å². The summed E-state index contributed by atoms with van der Waals surface area (Å²) in [5, 5.41) is 9.33. The number of hydrogen-bond donors (Lipinski definition) is 2. The van der Waals surface area contributed by atoms with E-state index in [1.807, 2.05) is 0 Å². The first-order chi connectivity index (χ1) is 10.1. The molecule has 0 heterocycles. The SMILES string of the molecule is COc1ccc(C(N)=O)c(Cc2ccc(O)cc2)c1OC. The number of primary amides is 1. The third kappa shape index (κ3) is 3.08. The smallest absolute Gasteiger partial charge is 0.249 e. The van der Waals surface area contributed by atoms with Crippen molar-refractivity contribution < 1.29 is 19.4 Å². The number of ether oxygens (including phenoxy) is 2. The highest BCUT2D eigenvalue weighted by Crippen LogP contribution is 2.35. The van der Waals surface area contributed by atoms with Crippen LogP contribution in [0, 0.1) is 0 Å². The van der Waals surface area contributed by atoms with Gasteiger partial charge in [0.2, 0.25) is 5.91 Å². The Bertz CT molecular complexity index is 650. The second-order valence-electron chi connectivity index (χ2n) is 4.53. The summed E-state index contributed by atoms with van der Waals surface area (Å²) in [4.78, 5) is 11.6. The van der Waals surface area contributed by atoms with Crippen molar-refractivity contribution in [3.8, 4) is 17.2 Å². The molecular formula is C16H17NO4. The molecule has 0 bridgehead atoms. The maximum atomic E-state index is 11.6. The maximum absolute atomic E-state index is 11.6. The molecular weight excluding hydrogens is 270 g/mol. The van der Waals surface area contributed by atoms with Crippen LogP contribution in [0.5, 0.6) is 17.2 Å². The molecule has 0 aromatic heterocycles. The zero-order valence-corrected chi connectivity index (χ0v) is 11.9. The van der Waals surface area contributed by atoms with Crippen LogP contribution >= 0.6 is 0 Å². The Morgan fingerprint density at radius 3 is 2.29 bits per heavy atom. The summed E-state index contributed by atoms with van der Waals surface area (Å²) >= 11 is 0. The fourth-order valence-corrected chi connectivity index (χ4v) is 2.22. The average Bonchev–Trinajstić information content (AvgIpc) is 2.48. The highest BCUT2D eigenvalue weighted by atomic mass is 16.5. The number of benzene rings is 2. The molecule has 0 atom stereocenters. The Kier molecular flexibility index (Phi) is 4.33. The van der Waals surface area contributed by atoms with Crippen molar-refractivity contribution in [3.63, 3.8) is 0 Å². The lowest BCUT2D eigenvalue weighted by Crippen LogP contribution is -2.15. The van der Waals surface area contributed by atoms with Gasteiger partial charge in [0.15, 0.2) is 11.5 Å². The number of phenols is 1. The molecule has 0 aliphatic carbocycles. The minimum absolute atomic E-state index is 0.187. The maximum Gasteiger partial charge on any atom is 0.249 e. The standard InChI is InChI=1S/C16H17NO4/c1-20-14-8-7-12(16(17)19)13(15(14)21-2)9-10-3-5-11(18)6-4-10/h3-8,18H,9H2,1-2H3,(H2,17,19). The lowest BCUT2D eigenvalue weighted by Gasteiger charge is -2.15. The Balaban J connectivity index is 2.52. The number of nitrogens with two attached hydrogens (primary N) is 1. The Labute approximate surface area is 122 Å². The van der Waals surface area contributed by atoms with Gasteiger partial charge in [-0.05, 0) is 29.8 Å². The van der Waals surface area contributed by atoms with E-state index in [2.05, 4.69) is 0 Å². The first-order valence-corrected chi connectivity index (χ1v) is 6.38. The summed E-state index contributed by atoms with van der Waals surface area (Å²) in [5.41, 5.74) is 7.40. The van der Waals surface area contributed by atoms with E-state index in [9.17, 15) is 9.90 Å². The zero-order valence-electron chi connectivity index (χ0n) is 11.9. The van der Waals surface area contributed by atoms with Gasteiger partial charge in [-0.1, -0.05) is 12.1 Å². The number of hydrogen-bond acceptors (Lipinski definition) is 4. The van der Waals surface area contributed by atoms with Gasteiger partial charge in [-0.2, -0.15) is 0 Å². The number of aromatic hydroxyl groups is 1. The molecule has 2 rings (SSSR count). The molecule has 0 saturated heterocycles. The van der Waals surface area contributed by atoms with E-state index < -0.39 is 5.91 Å². The Morgan fingerprint density at radius 1 is 1.10 bits per heavy atom. The largest absolute Gasteiger partial charge is 0.508 e. The van der Waals surface area contributed by atoms with Crippen LogP contribution in [0.25, 0.3) is 0 Å². The van der Waals surface area contributed by atoms with Crippen LogP contribution in [0.15, 0.2) is 36.4 Å². The van der Waals surface area contributed by atoms with Crippen LogP contribution in [0.1, 0.15) is 21.5 Å². The van der Waals surface area contributed by atoms with Crippen LogP contribution in [0.2, 0.25) is 0 Å². The fourth-order valence-electron chi connectivity index (χ4n) is 2.22. The molecule has 21 heavy (non-hydrogen) atoms. The third-order valence-electron chi connectivity index (χ3n) is 3.23. The van der Waals surface area contributed by atoms with Gasteiger partial charge in [-0.25, -0.2) is 0 Å². The van der Waals surface area contributed by atoms with Crippen molar-refractivity contribution in [1.82, 2.24) is 0 Å². The summed E-state index contributed by atoms with van der Waals surface area (Å²) in [6.07, 6.45) is 0.443. The van der Waals surface area contributed by atoms with Crippen molar-refractivity contribution in [2.45, 2.75) is 6.42 Å². The molecule has 2 aromatic rings. The molecule has 0 spiro atoms. The van der Waals surface area contributed by atoms with Gasteiger partial charge in [0.25, 0.3) is 0 Å². The lowest BCUT2D eigenvalue weighted by molar-refractivity contribution is 0.0999. The molecule has 2 aromatic carbocycles. The molecule has 110 valence electrons. The second kappa shape index (κ2) is 6.17. The van der Waals surface area contributed by atoms with Crippen molar-refractivity contribution >= 4 is 5.91 Å². The summed E-state index contributed by atoms with van der Waals surface area (Å²) in [6.45, 7) is 0. The predicted octanol–water partition coefficient (Wildman–Crippen LogP) is 2.10. The summed E-state index contributed by atoms with van der Waals surface area (Å²) < 4.78 is 10.6. The molecule has 0 fully saturated rings. The van der Waals surface area contributed by atoms with Gasteiger partial charge in [-0.3, -0.25) is 4.79 Å². The van der Waals surface area contributed by atoms with E-state index in [4.69, 9.17) is 15.2 Å². The van der Waals surface area contributed by atoms with Crippen LogP contribution in [0.3, 0.4) is 0 Å². The van der Waals surface area contributed by atoms with Gasteiger partial charge in [0.05, 0.1) is 14.2 Å². The molecule has 3 N–H and O–H groups in total. The van der Waals surface area contributed by atoms with Crippen LogP contribution in [-0.4, -0.2) is 25.2 Å². The van der Waals surface area contributed by atoms with Crippen molar-refractivity contribution in [2.75, 3.05) is 14.2 Å². The van der Waals surface area contributed by atoms with E-state index in [0.717, 1.165) is 5.56 Å². The molecule has 0 aliphatic rings. The highest BCUT2D eigenvalue weighted by molar-refractivity contribution is 5.95. The van der Waals surface area contributed by atoms with Crippen LogP contribution in [-0.2, 0) is 6.42 Å². The number of carbonyl (C=O) groups is 1. The van der Waals surface area contributed by atoms with Crippen LogP contribution in [0.4, 0.5) is 0 Å². The number of amides is 1. The monoisotopic (exact) mass is 287 g/mol. The molecule has 0 saturated carbocycles. The van der Waals surface area contributed by atoms with Gasteiger partial charge < -0.3 is 20.3 Å². The Morgan fingerprint density at radius 2 is 1.76 bits per heavy atom. The molecule has 5 nitrogen and oxygen atoms in total. The Hall–Kier alpha value is -2.69. The molecule has 0 radical (unpaired) electrons. The van der Waals surface area contributed by atoms with Gasteiger partial charge in [0.1, 0.15) is 5.75 Å². The number of rotatable bonds is 5. The molecule has 5 heteroatoms. The van der Waals surface area contributed by atoms with Crippen molar-refractivity contribution in [3.05, 3.63) is 53.1 Å². The normalized spacial score (nSPS) is 10.2. The minimum atomic E-state index is -0.523. The second-order valence-corrected chi connectivity index (χ2v) is 4.53. The van der Waals surface area contributed by atoms with E-state index in [1.165, 1.54) is 14.2 Å². The van der Waals surface area contributed by atoms with E-state index in [-0.39, 0.29) is 5.75 Å². The highest BCUT2D eigenvalue weighted by Gasteiger charge is 2.18. The fraction of sp³-hybridized carbons (Fsp3) is 0.188. The molecule has 0 unspecified atom stereocenters. The van der Waals surface area contributed by atoms with Gasteiger partial charge in [-0.15, -0.1) is 0 Å². The van der Waals surface area contributed by atoms with Gasteiger partial charge in [0, 0.05) is 17.5 Å². The van der Waals surface area contributed by atoms with E-state index >= 15 is 0 Å². The summed E-state index contributed by atoms with van der Waals surface area (Å²) in [7, 11) is 3.05. The molecule has 0 aliphatic heterocycles. The lowest BCUT2D eigenvalue weighted by atomic mass is 9.97. The van der Waals surface area contributed by atoms with Crippen LogP contribution < -0.4 is 15.2 Å². The quantitative estimate of drug-likeness (QED) is 0.882. The number of phenolic OH excluding ortho intramolecular Hbond substituents is 1. The van der Waals surface area contributed by atoms with E-state index in [0.29, 0.717) is 29.0 Å². The predicted molar refractivity (Wildman–Crippen MR) is 79.0 cm³/mol. The van der Waals surface area contributed by atoms with E-state index in [1.54, 1.807) is 36.4 Å². The third-order valence-corrected chi connectivity index (χ3v) is 3.23. The van der Waals surface area contributed by atoms with Gasteiger partial charge >= 0.3 is 0 Å². The first-order valence-electron chi connectivity index (χ1n) is 6.38. The zero-order chi connectivity index (χ0) is 15.4. The van der Waals surface area contributed by atoms with Crippen molar-refractivity contribution in [1.29, 1.82) is 0 Å². The summed E-state index contributed by atoms with van der Waals surface area (Å²) in [6, 6.07) is 10.0.